The number of H-pyrrole nitrogens is 1. The van der Waals surface area contributed by atoms with Gasteiger partial charge in [-0.05, 0) is 51.0 Å². The van der Waals surface area contributed by atoms with E-state index in [-0.39, 0.29) is 12.4 Å². The van der Waals surface area contributed by atoms with E-state index in [0.717, 1.165) is 25.2 Å². The monoisotopic (exact) mass is 353 g/mol. The summed E-state index contributed by atoms with van der Waals surface area (Å²) in [4.78, 5) is 22.6. The maximum absolute atomic E-state index is 11.0. The molecule has 0 aromatic carbocycles. The van der Waals surface area contributed by atoms with Crippen molar-refractivity contribution < 1.29 is 4.52 Å². The Balaban J connectivity index is 0.00000208. The largest absolute Gasteiger partial charge is 0.439 e. The van der Waals surface area contributed by atoms with E-state index in [1.807, 2.05) is 12.1 Å². The molecule has 0 atom stereocenters. The minimum absolute atomic E-state index is 0. The lowest BCUT2D eigenvalue weighted by Crippen LogP contribution is -2.32. The van der Waals surface area contributed by atoms with Crippen LogP contribution in [0.5, 0.6) is 0 Å². The van der Waals surface area contributed by atoms with Crippen molar-refractivity contribution in [2.45, 2.75) is 25.7 Å². The predicted molar refractivity (Wildman–Crippen MR) is 95.8 cm³/mol. The number of anilines is 1. The van der Waals surface area contributed by atoms with Crippen molar-refractivity contribution in [1.82, 2.24) is 20.0 Å². The van der Waals surface area contributed by atoms with Crippen molar-refractivity contribution in [1.29, 1.82) is 0 Å². The second-order valence-electron chi connectivity index (χ2n) is 6.02. The zero-order chi connectivity index (χ0) is 16.1. The average Bonchev–Trinajstić information content (AvgIpc) is 3.02. The van der Waals surface area contributed by atoms with E-state index in [1.54, 1.807) is 6.20 Å². The smallest absolute Gasteiger partial charge is 0.373 e. The summed E-state index contributed by atoms with van der Waals surface area (Å²) in [7, 11) is 2.07. The Labute approximate surface area is 147 Å². The fourth-order valence-electron chi connectivity index (χ4n) is 2.94. The summed E-state index contributed by atoms with van der Waals surface area (Å²) < 4.78 is 4.49. The number of aromatic nitrogens is 3. The van der Waals surface area contributed by atoms with Crippen LogP contribution in [0, 0.1) is 0 Å². The van der Waals surface area contributed by atoms with Crippen LogP contribution in [-0.2, 0) is 0 Å². The van der Waals surface area contributed by atoms with Gasteiger partial charge in [-0.25, -0.2) is 4.79 Å². The van der Waals surface area contributed by atoms with Crippen LogP contribution in [-0.4, -0.2) is 53.3 Å². The highest BCUT2D eigenvalue weighted by molar-refractivity contribution is 5.85. The van der Waals surface area contributed by atoms with Crippen LogP contribution in [0.3, 0.4) is 0 Å². The first-order chi connectivity index (χ1) is 11.2. The number of nitrogens with zero attached hydrogens (tertiary/aromatic N) is 4. The van der Waals surface area contributed by atoms with Crippen LogP contribution in [0.15, 0.2) is 27.6 Å². The lowest BCUT2D eigenvalue weighted by molar-refractivity contribution is 0.227. The molecule has 132 valence electrons. The summed E-state index contributed by atoms with van der Waals surface area (Å²) >= 11 is 0. The number of likely N-dealkylation sites (tertiary alicyclic amines) is 1. The van der Waals surface area contributed by atoms with Crippen molar-refractivity contribution in [3.8, 4) is 11.5 Å². The summed E-state index contributed by atoms with van der Waals surface area (Å²) in [6.45, 7) is 4.65. The van der Waals surface area contributed by atoms with Crippen molar-refractivity contribution in [2.24, 2.45) is 0 Å². The van der Waals surface area contributed by atoms with Gasteiger partial charge in [-0.1, -0.05) is 11.6 Å². The fraction of sp³-hybridized carbons (Fsp3) is 0.562. The van der Waals surface area contributed by atoms with Gasteiger partial charge < -0.3 is 9.80 Å². The minimum Gasteiger partial charge on any atom is -0.373 e. The summed E-state index contributed by atoms with van der Waals surface area (Å²) in [6, 6.07) is 3.82. The molecule has 0 aliphatic carbocycles. The Hall–Kier alpha value is -1.86. The molecule has 0 unspecified atom stereocenters. The van der Waals surface area contributed by atoms with Gasteiger partial charge >= 0.3 is 5.76 Å². The maximum atomic E-state index is 11.0. The Morgan fingerprint density at radius 2 is 2.08 bits per heavy atom. The highest BCUT2D eigenvalue weighted by Crippen LogP contribution is 2.16. The predicted octanol–water partition coefficient (Wildman–Crippen LogP) is 2.16. The molecular formula is C16H24ClN5O2. The zero-order valence-electron chi connectivity index (χ0n) is 13.9. The van der Waals surface area contributed by atoms with Gasteiger partial charge in [-0.3, -0.25) is 14.5 Å². The molecule has 0 amide bonds. The molecule has 7 nitrogen and oxygen atoms in total. The van der Waals surface area contributed by atoms with E-state index in [0.29, 0.717) is 11.5 Å². The second-order valence-corrected chi connectivity index (χ2v) is 6.02. The van der Waals surface area contributed by atoms with Gasteiger partial charge in [0.15, 0.2) is 0 Å². The third-order valence-corrected chi connectivity index (χ3v) is 4.29. The van der Waals surface area contributed by atoms with E-state index in [2.05, 4.69) is 36.5 Å². The molecule has 1 aliphatic rings. The lowest BCUT2D eigenvalue weighted by atomic mass is 10.1. The number of hydrogen-bond acceptors (Lipinski definition) is 6. The molecule has 1 saturated heterocycles. The number of nitrogens with one attached hydrogen (secondary N) is 1. The molecule has 2 aromatic rings. The number of hydrogen-bond donors (Lipinski definition) is 1. The molecule has 0 spiro atoms. The quantitative estimate of drug-likeness (QED) is 0.857. The molecule has 1 fully saturated rings. The van der Waals surface area contributed by atoms with Crippen LogP contribution in [0.4, 0.5) is 5.69 Å². The molecule has 0 bridgehead atoms. The van der Waals surface area contributed by atoms with E-state index >= 15 is 0 Å². The van der Waals surface area contributed by atoms with Crippen molar-refractivity contribution in [3.63, 3.8) is 0 Å². The summed E-state index contributed by atoms with van der Waals surface area (Å²) in [6.07, 6.45) is 7.00. The first-order valence-electron chi connectivity index (χ1n) is 8.18. The van der Waals surface area contributed by atoms with Crippen molar-refractivity contribution in [2.75, 3.05) is 38.1 Å². The zero-order valence-corrected chi connectivity index (χ0v) is 14.7. The Morgan fingerprint density at radius 1 is 1.29 bits per heavy atom. The average molecular weight is 354 g/mol. The summed E-state index contributed by atoms with van der Waals surface area (Å²) in [5, 5.41) is 3.64. The third-order valence-electron chi connectivity index (χ3n) is 4.29. The summed E-state index contributed by atoms with van der Waals surface area (Å²) in [5.74, 6) is -0.213. The number of pyridine rings is 1. The van der Waals surface area contributed by atoms with E-state index in [4.69, 9.17) is 0 Å². The molecule has 3 heterocycles. The van der Waals surface area contributed by atoms with Crippen molar-refractivity contribution >= 4 is 18.1 Å². The van der Waals surface area contributed by atoms with E-state index in [1.165, 1.54) is 32.4 Å². The van der Waals surface area contributed by atoms with E-state index < -0.39 is 5.76 Å². The Kier molecular flexibility index (Phi) is 6.81. The molecule has 0 radical (unpaired) electrons. The minimum atomic E-state index is -0.569. The molecule has 24 heavy (non-hydrogen) atoms. The first-order valence-corrected chi connectivity index (χ1v) is 8.18. The van der Waals surface area contributed by atoms with Crippen LogP contribution >= 0.6 is 12.4 Å². The van der Waals surface area contributed by atoms with Gasteiger partial charge in [-0.15, -0.1) is 12.4 Å². The highest BCUT2D eigenvalue weighted by Gasteiger charge is 2.10. The van der Waals surface area contributed by atoms with Crippen LogP contribution in [0.1, 0.15) is 25.7 Å². The Morgan fingerprint density at radius 3 is 2.71 bits per heavy atom. The second kappa shape index (κ2) is 8.84. The Bertz CT molecular complexity index is 664. The van der Waals surface area contributed by atoms with Gasteiger partial charge in [0.25, 0.3) is 0 Å². The molecular weight excluding hydrogens is 330 g/mol. The SMILES string of the molecule is CN(CCCN1CCCCC1)c1ccc(-c2noc(=O)[nH]2)nc1.Cl. The van der Waals surface area contributed by atoms with Crippen LogP contribution in [0.2, 0.25) is 0 Å². The van der Waals surface area contributed by atoms with Crippen LogP contribution in [0.25, 0.3) is 11.5 Å². The molecule has 8 heteroatoms. The molecule has 3 rings (SSSR count). The number of aromatic amines is 1. The van der Waals surface area contributed by atoms with Gasteiger partial charge in [0.05, 0.1) is 11.9 Å². The normalized spacial score (nSPS) is 15.0. The molecule has 0 saturated carbocycles. The summed E-state index contributed by atoms with van der Waals surface area (Å²) in [5.41, 5.74) is 1.65. The lowest BCUT2D eigenvalue weighted by Gasteiger charge is -2.27. The number of piperidine rings is 1. The van der Waals surface area contributed by atoms with Crippen molar-refractivity contribution in [3.05, 3.63) is 28.9 Å². The standard InChI is InChI=1S/C16H23N5O2.ClH/c1-20(8-5-11-21-9-3-2-4-10-21)13-6-7-14(17-12-13)15-18-16(22)23-19-15;/h6-7,12H,2-5,8-11H2,1H3,(H,18,19,22);1H. The first kappa shape index (κ1) is 18.5. The maximum Gasteiger partial charge on any atom is 0.439 e. The van der Waals surface area contributed by atoms with Gasteiger partial charge in [0, 0.05) is 13.6 Å². The number of rotatable bonds is 6. The molecule has 2 aromatic heterocycles. The highest BCUT2D eigenvalue weighted by atomic mass is 35.5. The number of halogens is 1. The molecule has 1 aliphatic heterocycles. The van der Waals surface area contributed by atoms with E-state index in [9.17, 15) is 4.79 Å². The fourth-order valence-corrected chi connectivity index (χ4v) is 2.94. The van der Waals surface area contributed by atoms with Gasteiger partial charge in [0.2, 0.25) is 5.82 Å². The van der Waals surface area contributed by atoms with Crippen LogP contribution < -0.4 is 10.7 Å². The van der Waals surface area contributed by atoms with Gasteiger partial charge in [0.1, 0.15) is 5.69 Å². The third kappa shape index (κ3) is 4.82. The van der Waals surface area contributed by atoms with Gasteiger partial charge in [-0.2, -0.15) is 0 Å². The molecule has 1 N–H and O–H groups in total. The topological polar surface area (TPSA) is 78.3 Å².